The molecule has 1 amide bonds. The third kappa shape index (κ3) is 3.71. The van der Waals surface area contributed by atoms with Crippen molar-refractivity contribution in [3.8, 4) is 0 Å². The van der Waals surface area contributed by atoms with Gasteiger partial charge in [-0.05, 0) is 38.0 Å². The van der Waals surface area contributed by atoms with Gasteiger partial charge in [0.15, 0.2) is 0 Å². The van der Waals surface area contributed by atoms with Crippen molar-refractivity contribution < 1.29 is 18.7 Å². The van der Waals surface area contributed by atoms with Gasteiger partial charge >= 0.3 is 5.97 Å². The molecule has 0 N–H and O–H groups in total. The first-order valence-electron chi connectivity index (χ1n) is 8.50. The molecule has 1 aliphatic rings. The largest absolute Gasteiger partial charge is 0.463 e. The number of nitrogens with zero attached hydrogens (tertiary/aromatic N) is 3. The number of carbonyl (C=O) groups is 2. The molecule has 3 rings (SSSR count). The van der Waals surface area contributed by atoms with Crippen LogP contribution in [0.3, 0.4) is 0 Å². The molecule has 0 aliphatic carbocycles. The van der Waals surface area contributed by atoms with Crippen molar-refractivity contribution in [3.05, 3.63) is 59.9 Å². The van der Waals surface area contributed by atoms with Crippen LogP contribution in [0.25, 0.3) is 0 Å². The quantitative estimate of drug-likeness (QED) is 0.787. The molecule has 1 aromatic heterocycles. The molecule has 1 aromatic carbocycles. The highest BCUT2D eigenvalue weighted by Crippen LogP contribution is 2.39. The molecule has 26 heavy (non-hydrogen) atoms. The van der Waals surface area contributed by atoms with Crippen molar-refractivity contribution in [2.75, 3.05) is 6.54 Å². The number of benzene rings is 1. The van der Waals surface area contributed by atoms with Crippen molar-refractivity contribution in [2.24, 2.45) is 5.92 Å². The molecule has 0 radical (unpaired) electrons. The van der Waals surface area contributed by atoms with Gasteiger partial charge in [0.1, 0.15) is 11.5 Å². The van der Waals surface area contributed by atoms with Crippen molar-refractivity contribution in [2.45, 2.75) is 32.4 Å². The number of hydrogen-bond acceptors (Lipinski definition) is 5. The molecule has 6 nitrogen and oxygen atoms in total. The van der Waals surface area contributed by atoms with Gasteiger partial charge in [0, 0.05) is 18.9 Å². The lowest BCUT2D eigenvalue weighted by Crippen LogP contribution is -2.35. The fraction of sp³-hybridized carbons (Fsp3) is 0.368. The van der Waals surface area contributed by atoms with Gasteiger partial charge in [-0.15, -0.1) is 0 Å². The van der Waals surface area contributed by atoms with Crippen LogP contribution in [-0.4, -0.2) is 39.4 Å². The van der Waals surface area contributed by atoms with Gasteiger partial charge in [-0.1, -0.05) is 12.1 Å². The number of carbonyl (C=O) groups excluding carboxylic acids is 2. The monoisotopic (exact) mass is 357 g/mol. The lowest BCUT2D eigenvalue weighted by Gasteiger charge is -2.28. The number of ether oxygens (including phenoxy) is 1. The van der Waals surface area contributed by atoms with Crippen LogP contribution in [0.5, 0.6) is 0 Å². The Kier molecular flexibility index (Phi) is 5.25. The summed E-state index contributed by atoms with van der Waals surface area (Å²) in [5.74, 6) is -1.56. The number of likely N-dealkylation sites (tertiary alicyclic amines) is 1. The van der Waals surface area contributed by atoms with Gasteiger partial charge in [-0.3, -0.25) is 14.6 Å². The third-order valence-electron chi connectivity index (χ3n) is 4.31. The molecule has 136 valence electrons. The summed E-state index contributed by atoms with van der Waals surface area (Å²) in [7, 11) is 0. The highest BCUT2D eigenvalue weighted by molar-refractivity contribution is 5.93. The highest BCUT2D eigenvalue weighted by atomic mass is 19.1. The fourth-order valence-corrected chi connectivity index (χ4v) is 3.22. The van der Waals surface area contributed by atoms with E-state index in [2.05, 4.69) is 9.97 Å². The Morgan fingerprint density at radius 1 is 1.23 bits per heavy atom. The molecule has 2 heterocycles. The van der Waals surface area contributed by atoms with E-state index in [-0.39, 0.29) is 29.5 Å². The Morgan fingerprint density at radius 2 is 1.96 bits per heavy atom. The number of esters is 1. The van der Waals surface area contributed by atoms with Crippen molar-refractivity contribution in [1.29, 1.82) is 0 Å². The van der Waals surface area contributed by atoms with Crippen LogP contribution in [-0.2, 0) is 9.53 Å². The number of amides is 1. The van der Waals surface area contributed by atoms with Crippen LogP contribution in [0.2, 0.25) is 0 Å². The Bertz CT molecular complexity index is 780. The predicted molar refractivity (Wildman–Crippen MR) is 91.5 cm³/mol. The second-order valence-electron chi connectivity index (χ2n) is 6.47. The zero-order valence-electron chi connectivity index (χ0n) is 14.6. The zero-order valence-corrected chi connectivity index (χ0v) is 14.6. The first-order valence-corrected chi connectivity index (χ1v) is 8.50. The van der Waals surface area contributed by atoms with Gasteiger partial charge < -0.3 is 9.64 Å². The van der Waals surface area contributed by atoms with E-state index in [0.29, 0.717) is 18.5 Å². The van der Waals surface area contributed by atoms with Gasteiger partial charge in [0.25, 0.3) is 5.91 Å². The molecular formula is C19H20FN3O3. The van der Waals surface area contributed by atoms with E-state index in [1.54, 1.807) is 30.9 Å². The van der Waals surface area contributed by atoms with E-state index in [0.717, 1.165) is 0 Å². The van der Waals surface area contributed by atoms with Crippen LogP contribution < -0.4 is 0 Å². The number of rotatable bonds is 4. The van der Waals surface area contributed by atoms with Crippen molar-refractivity contribution in [3.63, 3.8) is 0 Å². The van der Waals surface area contributed by atoms with Gasteiger partial charge in [-0.25, -0.2) is 9.37 Å². The molecule has 1 aliphatic heterocycles. The molecular weight excluding hydrogens is 337 g/mol. The third-order valence-corrected chi connectivity index (χ3v) is 4.31. The minimum atomic E-state index is -0.531. The second-order valence-corrected chi connectivity index (χ2v) is 6.47. The highest BCUT2D eigenvalue weighted by Gasteiger charge is 2.43. The summed E-state index contributed by atoms with van der Waals surface area (Å²) in [5.41, 5.74) is 0.893. The summed E-state index contributed by atoms with van der Waals surface area (Å²) >= 11 is 0. The Balaban J connectivity index is 1.94. The number of hydrogen-bond donors (Lipinski definition) is 0. The Hall–Kier alpha value is -2.83. The van der Waals surface area contributed by atoms with E-state index in [9.17, 15) is 14.0 Å². The van der Waals surface area contributed by atoms with Crippen LogP contribution in [0.1, 0.15) is 42.4 Å². The summed E-state index contributed by atoms with van der Waals surface area (Å²) in [6, 6.07) is 5.30. The minimum Gasteiger partial charge on any atom is -0.463 e. The van der Waals surface area contributed by atoms with E-state index >= 15 is 0 Å². The molecule has 7 heteroatoms. The van der Waals surface area contributed by atoms with E-state index in [1.807, 2.05) is 0 Å². The molecule has 2 atom stereocenters. The van der Waals surface area contributed by atoms with E-state index in [1.165, 1.54) is 30.7 Å². The molecule has 0 spiro atoms. The maximum atomic E-state index is 13.3. The maximum absolute atomic E-state index is 13.3. The van der Waals surface area contributed by atoms with E-state index < -0.39 is 12.0 Å². The smallest absolute Gasteiger partial charge is 0.311 e. The lowest BCUT2D eigenvalue weighted by atomic mass is 9.93. The van der Waals surface area contributed by atoms with Crippen LogP contribution >= 0.6 is 0 Å². The minimum absolute atomic E-state index is 0.206. The first kappa shape index (κ1) is 18.0. The summed E-state index contributed by atoms with van der Waals surface area (Å²) < 4.78 is 18.7. The van der Waals surface area contributed by atoms with E-state index in [4.69, 9.17) is 4.74 Å². The molecule has 1 saturated heterocycles. The fourth-order valence-electron chi connectivity index (χ4n) is 3.22. The average Bonchev–Trinajstić information content (AvgIpc) is 3.07. The zero-order chi connectivity index (χ0) is 18.7. The van der Waals surface area contributed by atoms with Gasteiger partial charge in [-0.2, -0.15) is 0 Å². The average molecular weight is 357 g/mol. The summed E-state index contributed by atoms with van der Waals surface area (Å²) in [6.45, 7) is 3.94. The van der Waals surface area contributed by atoms with Crippen molar-refractivity contribution in [1.82, 2.24) is 14.9 Å². The molecule has 0 saturated carbocycles. The topological polar surface area (TPSA) is 72.4 Å². The summed E-state index contributed by atoms with van der Waals surface area (Å²) in [6.07, 6.45) is 4.55. The molecule has 1 fully saturated rings. The Morgan fingerprint density at radius 3 is 2.58 bits per heavy atom. The van der Waals surface area contributed by atoms with Crippen molar-refractivity contribution >= 4 is 11.9 Å². The maximum Gasteiger partial charge on any atom is 0.311 e. The standard InChI is InChI=1S/C19H20FN3O3/c1-12(2)26-19(25)15-7-10-23(18(24)16-11-21-8-9-22-16)17(15)13-3-5-14(20)6-4-13/h3-6,8-9,11-12,15,17H,7,10H2,1-2H3/t15-,17-/m1/s1. The number of halogens is 1. The second kappa shape index (κ2) is 7.59. The van der Waals surface area contributed by atoms with Crippen LogP contribution in [0.4, 0.5) is 4.39 Å². The first-order chi connectivity index (χ1) is 12.5. The summed E-state index contributed by atoms with van der Waals surface area (Å²) in [5, 5.41) is 0. The predicted octanol–water partition coefficient (Wildman–Crippen LogP) is 2.77. The van der Waals surface area contributed by atoms with Crippen LogP contribution in [0, 0.1) is 11.7 Å². The molecule has 2 aromatic rings. The summed E-state index contributed by atoms with van der Waals surface area (Å²) in [4.78, 5) is 35.0. The SMILES string of the molecule is CC(C)OC(=O)[C@@H]1CCN(C(=O)c2cnccn2)[C@@H]1c1ccc(F)cc1. The van der Waals surface area contributed by atoms with Gasteiger partial charge in [0.05, 0.1) is 24.3 Å². The van der Waals surface area contributed by atoms with Gasteiger partial charge in [0.2, 0.25) is 0 Å². The lowest BCUT2D eigenvalue weighted by molar-refractivity contribution is -0.153. The normalized spacial score (nSPS) is 19.6. The number of aromatic nitrogens is 2. The van der Waals surface area contributed by atoms with Crippen LogP contribution in [0.15, 0.2) is 42.9 Å². The molecule has 0 unspecified atom stereocenters. The molecule has 0 bridgehead atoms. The Labute approximate surface area is 151 Å².